The molecule has 0 saturated carbocycles. The molecule has 2 aromatic carbocycles. The van der Waals surface area contributed by atoms with Crippen LogP contribution in [0.25, 0.3) is 10.9 Å². The lowest BCUT2D eigenvalue weighted by molar-refractivity contribution is -0.124. The largest absolute Gasteiger partial charge is 0.493 e. The van der Waals surface area contributed by atoms with Crippen molar-refractivity contribution in [2.45, 2.75) is 26.4 Å². The Labute approximate surface area is 189 Å². The molecule has 3 aromatic rings. The third-order valence-electron chi connectivity index (χ3n) is 5.42. The Bertz CT molecular complexity index is 1040. The lowest BCUT2D eigenvalue weighted by Gasteiger charge is -2.24. The lowest BCUT2D eigenvalue weighted by atomic mass is 9.95. The van der Waals surface area contributed by atoms with Crippen molar-refractivity contribution in [2.24, 2.45) is 5.92 Å². The fourth-order valence-corrected chi connectivity index (χ4v) is 3.75. The summed E-state index contributed by atoms with van der Waals surface area (Å²) in [6.45, 7) is 5.44. The molecule has 0 aliphatic carbocycles. The van der Waals surface area contributed by atoms with E-state index in [4.69, 9.17) is 18.9 Å². The van der Waals surface area contributed by atoms with Crippen molar-refractivity contribution in [2.75, 3.05) is 34.5 Å². The first kappa shape index (κ1) is 23.5. The van der Waals surface area contributed by atoms with E-state index in [0.29, 0.717) is 23.9 Å². The molecule has 172 valence electrons. The molecular weight excluding hydrogens is 408 g/mol. The Morgan fingerprint density at radius 2 is 1.78 bits per heavy atom. The number of benzene rings is 2. The molecule has 0 saturated heterocycles. The molecular formula is C25H32N2O5. The van der Waals surface area contributed by atoms with Gasteiger partial charge in [0.2, 0.25) is 0 Å². The van der Waals surface area contributed by atoms with Crippen LogP contribution in [0.2, 0.25) is 0 Å². The fourth-order valence-electron chi connectivity index (χ4n) is 3.75. The van der Waals surface area contributed by atoms with Crippen LogP contribution in [0.1, 0.15) is 25.5 Å². The SMILES string of the molecule is COCCn1ccc2c(OCC(=O)N[C@@H](c3ccc(OC)c(OC)c3)C(C)C)cccc21. The quantitative estimate of drug-likeness (QED) is 0.484. The number of methoxy groups -OCH3 is 3. The van der Waals surface area contributed by atoms with Crippen LogP contribution in [0.15, 0.2) is 48.7 Å². The molecule has 3 rings (SSSR count). The number of hydrogen-bond donors (Lipinski definition) is 1. The highest BCUT2D eigenvalue weighted by molar-refractivity contribution is 5.87. The Hall–Kier alpha value is -3.19. The van der Waals surface area contributed by atoms with Crippen molar-refractivity contribution >= 4 is 16.8 Å². The third kappa shape index (κ3) is 5.34. The van der Waals surface area contributed by atoms with E-state index in [1.165, 1.54) is 0 Å². The van der Waals surface area contributed by atoms with Crippen molar-refractivity contribution in [3.8, 4) is 17.2 Å². The van der Waals surface area contributed by atoms with Gasteiger partial charge in [-0.05, 0) is 41.8 Å². The van der Waals surface area contributed by atoms with Crippen molar-refractivity contribution in [1.82, 2.24) is 9.88 Å². The van der Waals surface area contributed by atoms with Gasteiger partial charge in [0.05, 0.1) is 32.4 Å². The highest BCUT2D eigenvalue weighted by atomic mass is 16.5. The number of rotatable bonds is 11. The number of aromatic nitrogens is 1. The molecule has 0 unspecified atom stereocenters. The molecule has 1 N–H and O–H groups in total. The smallest absolute Gasteiger partial charge is 0.258 e. The predicted octanol–water partition coefficient (Wildman–Crippen LogP) is 4.20. The summed E-state index contributed by atoms with van der Waals surface area (Å²) < 4.78 is 23.9. The molecule has 1 amide bonds. The molecule has 1 aromatic heterocycles. The maximum Gasteiger partial charge on any atom is 0.258 e. The molecule has 7 nitrogen and oxygen atoms in total. The van der Waals surface area contributed by atoms with Crippen molar-refractivity contribution in [3.63, 3.8) is 0 Å². The van der Waals surface area contributed by atoms with Gasteiger partial charge in [-0.25, -0.2) is 0 Å². The zero-order valence-corrected chi connectivity index (χ0v) is 19.4. The fraction of sp³-hybridized carbons (Fsp3) is 0.400. The number of hydrogen-bond acceptors (Lipinski definition) is 5. The number of amides is 1. The van der Waals surface area contributed by atoms with Crippen molar-refractivity contribution in [3.05, 3.63) is 54.2 Å². The minimum atomic E-state index is -0.186. The van der Waals surface area contributed by atoms with Crippen LogP contribution in [0.4, 0.5) is 0 Å². The second kappa shape index (κ2) is 10.9. The minimum absolute atomic E-state index is 0.0706. The first-order valence-electron chi connectivity index (χ1n) is 10.7. The maximum atomic E-state index is 12.8. The normalized spacial score (nSPS) is 12.1. The maximum absolute atomic E-state index is 12.8. The molecule has 0 bridgehead atoms. The van der Waals surface area contributed by atoms with Crippen molar-refractivity contribution < 1.29 is 23.7 Å². The molecule has 1 atom stereocenters. The second-order valence-corrected chi connectivity index (χ2v) is 7.88. The Kier molecular flexibility index (Phi) is 8.00. The summed E-state index contributed by atoms with van der Waals surface area (Å²) in [5.41, 5.74) is 1.99. The minimum Gasteiger partial charge on any atom is -0.493 e. The van der Waals surface area contributed by atoms with Crippen LogP contribution < -0.4 is 19.5 Å². The van der Waals surface area contributed by atoms with E-state index in [-0.39, 0.29) is 24.5 Å². The number of carbonyl (C=O) groups excluding carboxylic acids is 1. The molecule has 0 spiro atoms. The Balaban J connectivity index is 1.70. The standard InChI is InChI=1S/C25H32N2O5/c1-17(2)25(18-9-10-22(30-4)23(15-18)31-5)26-24(28)16-32-21-8-6-7-20-19(21)11-12-27(20)13-14-29-3/h6-12,15,17,25H,13-14,16H2,1-5H3,(H,26,28)/t25-/m1/s1. The summed E-state index contributed by atoms with van der Waals surface area (Å²) in [6.07, 6.45) is 2.00. The van der Waals surface area contributed by atoms with Crippen LogP contribution >= 0.6 is 0 Å². The van der Waals surface area contributed by atoms with Gasteiger partial charge in [-0.15, -0.1) is 0 Å². The van der Waals surface area contributed by atoms with Gasteiger partial charge in [0.1, 0.15) is 5.75 Å². The van der Waals surface area contributed by atoms with Crippen LogP contribution in [0, 0.1) is 5.92 Å². The zero-order valence-electron chi connectivity index (χ0n) is 19.4. The summed E-state index contributed by atoms with van der Waals surface area (Å²) >= 11 is 0. The average Bonchev–Trinajstić information content (AvgIpc) is 3.22. The predicted molar refractivity (Wildman–Crippen MR) is 125 cm³/mol. The molecule has 0 aliphatic heterocycles. The van der Waals surface area contributed by atoms with Crippen LogP contribution in [-0.4, -0.2) is 45.0 Å². The number of fused-ring (bicyclic) bond motifs is 1. The topological polar surface area (TPSA) is 71.0 Å². The van der Waals surface area contributed by atoms with E-state index < -0.39 is 0 Å². The van der Waals surface area contributed by atoms with Crippen LogP contribution in [-0.2, 0) is 16.1 Å². The zero-order chi connectivity index (χ0) is 23.1. The number of nitrogens with zero attached hydrogens (tertiary/aromatic N) is 1. The van der Waals surface area contributed by atoms with E-state index in [0.717, 1.165) is 23.0 Å². The average molecular weight is 441 g/mol. The number of carbonyl (C=O) groups is 1. The first-order valence-corrected chi connectivity index (χ1v) is 10.7. The van der Waals surface area contributed by atoms with Gasteiger partial charge in [-0.3, -0.25) is 4.79 Å². The van der Waals surface area contributed by atoms with Gasteiger partial charge in [0.15, 0.2) is 18.1 Å². The van der Waals surface area contributed by atoms with Crippen LogP contribution in [0.3, 0.4) is 0 Å². The van der Waals surface area contributed by atoms with E-state index in [2.05, 4.69) is 23.7 Å². The lowest BCUT2D eigenvalue weighted by Crippen LogP contribution is -2.35. The Morgan fingerprint density at radius 3 is 2.47 bits per heavy atom. The molecule has 0 aliphatic rings. The highest BCUT2D eigenvalue weighted by Crippen LogP contribution is 2.32. The summed E-state index contributed by atoms with van der Waals surface area (Å²) in [6, 6.07) is 13.3. The summed E-state index contributed by atoms with van der Waals surface area (Å²) in [5, 5.41) is 4.06. The molecule has 1 heterocycles. The summed E-state index contributed by atoms with van der Waals surface area (Å²) in [7, 11) is 4.88. The van der Waals surface area contributed by atoms with E-state index in [9.17, 15) is 4.79 Å². The number of ether oxygens (including phenoxy) is 4. The number of nitrogens with one attached hydrogen (secondary N) is 1. The van der Waals surface area contributed by atoms with Gasteiger partial charge in [0.25, 0.3) is 5.91 Å². The second-order valence-electron chi connectivity index (χ2n) is 7.88. The first-order chi connectivity index (χ1) is 15.5. The molecule has 7 heteroatoms. The summed E-state index contributed by atoms with van der Waals surface area (Å²) in [4.78, 5) is 12.8. The third-order valence-corrected chi connectivity index (χ3v) is 5.42. The summed E-state index contributed by atoms with van der Waals surface area (Å²) in [5.74, 6) is 1.95. The van der Waals surface area contributed by atoms with Crippen LogP contribution in [0.5, 0.6) is 17.2 Å². The van der Waals surface area contributed by atoms with Gasteiger partial charge in [-0.2, -0.15) is 0 Å². The van der Waals surface area contributed by atoms with Crippen molar-refractivity contribution in [1.29, 1.82) is 0 Å². The molecule has 0 fully saturated rings. The van der Waals surface area contributed by atoms with E-state index in [1.54, 1.807) is 21.3 Å². The van der Waals surface area contributed by atoms with E-state index in [1.807, 2.05) is 48.7 Å². The highest BCUT2D eigenvalue weighted by Gasteiger charge is 2.20. The Morgan fingerprint density at radius 1 is 1.00 bits per heavy atom. The molecule has 32 heavy (non-hydrogen) atoms. The van der Waals surface area contributed by atoms with Gasteiger partial charge in [0, 0.05) is 25.2 Å². The monoisotopic (exact) mass is 440 g/mol. The van der Waals surface area contributed by atoms with Gasteiger partial charge < -0.3 is 28.8 Å². The van der Waals surface area contributed by atoms with Gasteiger partial charge in [-0.1, -0.05) is 26.0 Å². The van der Waals surface area contributed by atoms with Gasteiger partial charge >= 0.3 is 0 Å². The van der Waals surface area contributed by atoms with E-state index >= 15 is 0 Å². The molecule has 0 radical (unpaired) electrons.